The first-order valence-corrected chi connectivity index (χ1v) is 9.64. The molecule has 2 nitrogen and oxygen atoms in total. The predicted octanol–water partition coefficient (Wildman–Crippen LogP) is 6.33. The zero-order chi connectivity index (χ0) is 19.9. The number of rotatable bonds is 4. The fourth-order valence-electron chi connectivity index (χ4n) is 3.34. The van der Waals surface area contributed by atoms with E-state index in [4.69, 9.17) is 11.6 Å². The lowest BCUT2D eigenvalue weighted by molar-refractivity contribution is -0.115. The van der Waals surface area contributed by atoms with E-state index >= 15 is 0 Å². The highest BCUT2D eigenvalue weighted by atomic mass is 35.5. The minimum atomic E-state index is -0.164. The highest BCUT2D eigenvalue weighted by Gasteiger charge is 2.27. The van der Waals surface area contributed by atoms with Gasteiger partial charge in [0.1, 0.15) is 5.75 Å². The number of carbonyl (C=O) groups is 1. The van der Waals surface area contributed by atoms with Crippen LogP contribution in [0.2, 0.25) is 0 Å². The topological polar surface area (TPSA) is 37.3 Å². The highest BCUT2D eigenvalue weighted by Crippen LogP contribution is 2.40. The molecule has 0 spiro atoms. The molecule has 0 heterocycles. The molecule has 1 aromatic rings. The van der Waals surface area contributed by atoms with Gasteiger partial charge in [-0.1, -0.05) is 70.8 Å². The Hall–Kier alpha value is -1.54. The Labute approximate surface area is 163 Å². The van der Waals surface area contributed by atoms with Gasteiger partial charge in [0.05, 0.1) is 0 Å². The summed E-state index contributed by atoms with van der Waals surface area (Å²) in [6.07, 6.45) is 3.63. The van der Waals surface area contributed by atoms with Crippen molar-refractivity contribution in [3.8, 4) is 5.75 Å². The van der Waals surface area contributed by atoms with Crippen LogP contribution in [0, 0.1) is 0 Å². The molecule has 0 fully saturated rings. The maximum absolute atomic E-state index is 12.6. The molecule has 3 heteroatoms. The van der Waals surface area contributed by atoms with Crippen molar-refractivity contribution in [2.45, 2.75) is 78.6 Å². The average Bonchev–Trinajstić information content (AvgIpc) is 2.82. The van der Waals surface area contributed by atoms with Gasteiger partial charge in [-0.3, -0.25) is 4.79 Å². The van der Waals surface area contributed by atoms with E-state index in [1.807, 2.05) is 25.1 Å². The Morgan fingerprint density at radius 2 is 1.58 bits per heavy atom. The maximum Gasteiger partial charge on any atom is 0.161 e. The molecule has 0 unspecified atom stereocenters. The van der Waals surface area contributed by atoms with Gasteiger partial charge >= 0.3 is 0 Å². The lowest BCUT2D eigenvalue weighted by Crippen LogP contribution is -2.18. The summed E-state index contributed by atoms with van der Waals surface area (Å²) in [6, 6.07) is 4.10. The third-order valence-corrected chi connectivity index (χ3v) is 5.22. The predicted molar refractivity (Wildman–Crippen MR) is 110 cm³/mol. The fourth-order valence-corrected chi connectivity index (χ4v) is 3.70. The monoisotopic (exact) mass is 374 g/mol. The molecule has 0 aliphatic heterocycles. The Morgan fingerprint density at radius 1 is 1.08 bits per heavy atom. The molecule has 0 radical (unpaired) electrons. The van der Waals surface area contributed by atoms with Crippen LogP contribution in [0.4, 0.5) is 0 Å². The number of allylic oxidation sites excluding steroid dienone is 4. The fraction of sp³-hybridized carbons (Fsp3) is 0.522. The van der Waals surface area contributed by atoms with E-state index in [9.17, 15) is 9.90 Å². The van der Waals surface area contributed by atoms with E-state index in [0.717, 1.165) is 27.8 Å². The molecule has 0 atom stereocenters. The van der Waals surface area contributed by atoms with E-state index in [1.54, 1.807) is 0 Å². The number of aryl methyl sites for hydroxylation is 1. The lowest BCUT2D eigenvalue weighted by atomic mass is 9.78. The molecular formula is C23H31ClO2. The Morgan fingerprint density at radius 3 is 1.96 bits per heavy atom. The normalized spacial score (nSPS) is 15.5. The van der Waals surface area contributed by atoms with Crippen molar-refractivity contribution >= 4 is 17.4 Å². The second-order valence-electron chi connectivity index (χ2n) is 9.46. The van der Waals surface area contributed by atoms with Crippen LogP contribution in [0.25, 0.3) is 0 Å². The van der Waals surface area contributed by atoms with Crippen molar-refractivity contribution in [3.63, 3.8) is 0 Å². The van der Waals surface area contributed by atoms with Crippen molar-refractivity contribution in [1.29, 1.82) is 0 Å². The van der Waals surface area contributed by atoms with Gasteiger partial charge in [-0.25, -0.2) is 0 Å². The smallest absolute Gasteiger partial charge is 0.161 e. The zero-order valence-electron chi connectivity index (χ0n) is 17.1. The number of ketones is 1. The first kappa shape index (κ1) is 20.8. The molecule has 1 aliphatic rings. The molecule has 0 amide bonds. The molecule has 142 valence electrons. The number of phenolic OH excluding ortho intramolecular Hbond substituents is 1. The van der Waals surface area contributed by atoms with E-state index < -0.39 is 0 Å². The summed E-state index contributed by atoms with van der Waals surface area (Å²) < 4.78 is 0. The van der Waals surface area contributed by atoms with Crippen LogP contribution in [0.5, 0.6) is 5.75 Å². The van der Waals surface area contributed by atoms with Gasteiger partial charge in [-0.2, -0.15) is 0 Å². The quantitative estimate of drug-likeness (QED) is 0.668. The molecule has 1 aromatic carbocycles. The van der Waals surface area contributed by atoms with Crippen molar-refractivity contribution in [3.05, 3.63) is 51.1 Å². The number of halogens is 1. The third kappa shape index (κ3) is 4.59. The van der Waals surface area contributed by atoms with Crippen LogP contribution < -0.4 is 0 Å². The molecule has 26 heavy (non-hydrogen) atoms. The minimum absolute atomic E-state index is 0.116. The van der Waals surface area contributed by atoms with Crippen molar-refractivity contribution in [2.75, 3.05) is 0 Å². The van der Waals surface area contributed by atoms with Crippen LogP contribution in [0.15, 0.2) is 34.4 Å². The van der Waals surface area contributed by atoms with Gasteiger partial charge in [0.2, 0.25) is 0 Å². The van der Waals surface area contributed by atoms with Gasteiger partial charge in [-0.15, -0.1) is 0 Å². The van der Waals surface area contributed by atoms with Crippen LogP contribution in [-0.4, -0.2) is 10.9 Å². The molecule has 2 rings (SSSR count). The molecule has 0 aromatic heterocycles. The van der Waals surface area contributed by atoms with Crippen LogP contribution >= 0.6 is 11.6 Å². The van der Waals surface area contributed by atoms with Gasteiger partial charge in [0, 0.05) is 17.0 Å². The van der Waals surface area contributed by atoms with Crippen molar-refractivity contribution in [2.24, 2.45) is 0 Å². The molecule has 1 aliphatic carbocycles. The number of carbonyl (C=O) groups excluding carboxylic acids is 1. The minimum Gasteiger partial charge on any atom is -0.507 e. The number of hydrogen-bond donors (Lipinski definition) is 1. The Bertz CT molecular complexity index is 748. The summed E-state index contributed by atoms with van der Waals surface area (Å²) in [5.41, 5.74) is 4.49. The van der Waals surface area contributed by atoms with Crippen molar-refractivity contribution in [1.82, 2.24) is 0 Å². The van der Waals surface area contributed by atoms with Gasteiger partial charge in [0.25, 0.3) is 0 Å². The number of phenols is 1. The summed E-state index contributed by atoms with van der Waals surface area (Å²) in [5, 5.41) is 11.4. The largest absolute Gasteiger partial charge is 0.507 e. The van der Waals surface area contributed by atoms with Crippen molar-refractivity contribution < 1.29 is 9.90 Å². The number of benzene rings is 1. The molecule has 0 bridgehead atoms. The molecule has 0 saturated heterocycles. The maximum atomic E-state index is 12.6. The molecule has 1 N–H and O–H groups in total. The molecule has 0 saturated carbocycles. The Kier molecular flexibility index (Phi) is 5.77. The highest BCUT2D eigenvalue weighted by molar-refractivity contribution is 6.34. The van der Waals surface area contributed by atoms with Gasteiger partial charge < -0.3 is 5.11 Å². The Balaban J connectivity index is 2.30. The molecular weight excluding hydrogens is 344 g/mol. The standard InChI is InChI=1S/C23H31ClO2/c1-14-10-16(19(24)11-14)20(25)9-8-15-12-17(22(2,3)4)21(26)18(13-15)23(5,6)7/h11-13,26H,8-10H2,1-7H3. The lowest BCUT2D eigenvalue weighted by Gasteiger charge is -2.28. The van der Waals surface area contributed by atoms with E-state index in [2.05, 4.69) is 41.5 Å². The van der Waals surface area contributed by atoms with Crippen LogP contribution in [0.3, 0.4) is 0 Å². The van der Waals surface area contributed by atoms with E-state index in [1.165, 1.54) is 0 Å². The summed E-state index contributed by atoms with van der Waals surface area (Å²) in [6.45, 7) is 14.6. The zero-order valence-corrected chi connectivity index (χ0v) is 17.8. The second kappa shape index (κ2) is 7.23. The summed E-state index contributed by atoms with van der Waals surface area (Å²) in [7, 11) is 0. The van der Waals surface area contributed by atoms with Gasteiger partial charge in [0.15, 0.2) is 5.78 Å². The van der Waals surface area contributed by atoms with E-state index in [-0.39, 0.29) is 16.6 Å². The van der Waals surface area contributed by atoms with Crippen LogP contribution in [-0.2, 0) is 22.0 Å². The van der Waals surface area contributed by atoms with Gasteiger partial charge in [-0.05, 0) is 53.4 Å². The number of hydrogen-bond acceptors (Lipinski definition) is 2. The third-order valence-electron chi connectivity index (χ3n) is 4.88. The average molecular weight is 375 g/mol. The first-order chi connectivity index (χ1) is 11.8. The second-order valence-corrected chi connectivity index (χ2v) is 9.86. The number of aromatic hydroxyl groups is 1. The van der Waals surface area contributed by atoms with E-state index in [0.29, 0.717) is 30.0 Å². The van der Waals surface area contributed by atoms with Crippen LogP contribution in [0.1, 0.15) is 78.0 Å². The first-order valence-electron chi connectivity index (χ1n) is 9.26. The summed E-state index contributed by atoms with van der Waals surface area (Å²) >= 11 is 6.19. The number of Topliss-reactive ketones (excluding diaryl/α,β-unsaturated/α-hetero) is 1. The summed E-state index contributed by atoms with van der Waals surface area (Å²) in [5.74, 6) is 0.493. The SMILES string of the molecule is CC1=CC(Cl)=C(C(=O)CCc2cc(C(C)(C)C)c(O)c(C(C)(C)C)c2)C1. The summed E-state index contributed by atoms with van der Waals surface area (Å²) in [4.78, 5) is 12.6.